The molecule has 0 bridgehead atoms. The normalized spacial score (nSPS) is 14.4. The molecular formula is C18H21NO2S. The number of rotatable bonds is 4. The van der Waals surface area contributed by atoms with Crippen molar-refractivity contribution in [3.63, 3.8) is 0 Å². The van der Waals surface area contributed by atoms with Crippen molar-refractivity contribution in [2.75, 3.05) is 10.8 Å². The lowest BCUT2D eigenvalue weighted by Gasteiger charge is -2.19. The standard InChI is InChI=1S/C18H21NO2S/c1-14(2)13-15-7-9-17(10-8-15)22(20,21)19-12-11-16-5-3-4-6-18(16)19/h3-10,14H,11-13H2,1-2H3. The molecule has 0 unspecified atom stereocenters. The molecule has 0 aliphatic carbocycles. The highest BCUT2D eigenvalue weighted by atomic mass is 32.2. The van der Waals surface area contributed by atoms with Crippen LogP contribution < -0.4 is 4.31 Å². The van der Waals surface area contributed by atoms with Crippen molar-refractivity contribution in [1.82, 2.24) is 0 Å². The Kier molecular flexibility index (Phi) is 3.96. The van der Waals surface area contributed by atoms with Gasteiger partial charge in [0.1, 0.15) is 0 Å². The first kappa shape index (κ1) is 15.1. The van der Waals surface area contributed by atoms with Crippen molar-refractivity contribution >= 4 is 15.7 Å². The summed E-state index contributed by atoms with van der Waals surface area (Å²) in [5, 5.41) is 0. The molecule has 3 nitrogen and oxygen atoms in total. The average molecular weight is 315 g/mol. The van der Waals surface area contributed by atoms with E-state index in [1.807, 2.05) is 36.4 Å². The van der Waals surface area contributed by atoms with Crippen LogP contribution in [0.5, 0.6) is 0 Å². The van der Waals surface area contributed by atoms with Crippen LogP contribution in [0.4, 0.5) is 5.69 Å². The fourth-order valence-corrected chi connectivity index (χ4v) is 4.46. The summed E-state index contributed by atoms with van der Waals surface area (Å²) >= 11 is 0. The molecule has 1 heterocycles. The van der Waals surface area contributed by atoms with Crippen molar-refractivity contribution < 1.29 is 8.42 Å². The summed E-state index contributed by atoms with van der Waals surface area (Å²) in [6.45, 7) is 4.84. The van der Waals surface area contributed by atoms with E-state index in [0.29, 0.717) is 17.4 Å². The van der Waals surface area contributed by atoms with E-state index < -0.39 is 10.0 Å². The summed E-state index contributed by atoms with van der Waals surface area (Å²) in [6, 6.07) is 15.0. The second-order valence-corrected chi connectivity index (χ2v) is 8.06. The molecule has 2 aromatic carbocycles. The molecule has 1 aliphatic heterocycles. The zero-order valence-electron chi connectivity index (χ0n) is 13.0. The minimum atomic E-state index is -3.46. The number of para-hydroxylation sites is 1. The molecule has 0 spiro atoms. The highest BCUT2D eigenvalue weighted by molar-refractivity contribution is 7.92. The molecule has 4 heteroatoms. The van der Waals surface area contributed by atoms with Crippen molar-refractivity contribution in [3.8, 4) is 0 Å². The van der Waals surface area contributed by atoms with Crippen LogP contribution in [0.3, 0.4) is 0 Å². The number of hydrogen-bond acceptors (Lipinski definition) is 2. The fraction of sp³-hybridized carbons (Fsp3) is 0.333. The Morgan fingerprint density at radius 2 is 1.73 bits per heavy atom. The van der Waals surface area contributed by atoms with Crippen LogP contribution in [-0.4, -0.2) is 15.0 Å². The maximum atomic E-state index is 12.9. The van der Waals surface area contributed by atoms with Gasteiger partial charge in [0.2, 0.25) is 0 Å². The molecule has 0 amide bonds. The molecule has 2 aromatic rings. The molecular weight excluding hydrogens is 294 g/mol. The molecule has 0 saturated carbocycles. The van der Waals surface area contributed by atoms with Gasteiger partial charge in [0.05, 0.1) is 10.6 Å². The van der Waals surface area contributed by atoms with Crippen molar-refractivity contribution in [2.24, 2.45) is 5.92 Å². The third-order valence-corrected chi connectivity index (χ3v) is 5.83. The first-order valence-electron chi connectivity index (χ1n) is 7.68. The van der Waals surface area contributed by atoms with E-state index in [9.17, 15) is 8.42 Å². The highest BCUT2D eigenvalue weighted by Crippen LogP contribution is 2.32. The lowest BCUT2D eigenvalue weighted by Crippen LogP contribution is -2.29. The van der Waals surface area contributed by atoms with E-state index in [1.165, 1.54) is 9.87 Å². The summed E-state index contributed by atoms with van der Waals surface area (Å²) in [7, 11) is -3.46. The van der Waals surface area contributed by atoms with Gasteiger partial charge < -0.3 is 0 Å². The smallest absolute Gasteiger partial charge is 0.264 e. The SMILES string of the molecule is CC(C)Cc1ccc(S(=O)(=O)N2CCc3ccccc32)cc1. The minimum Gasteiger partial charge on any atom is -0.266 e. The Morgan fingerprint density at radius 3 is 2.41 bits per heavy atom. The molecule has 0 radical (unpaired) electrons. The summed E-state index contributed by atoms with van der Waals surface area (Å²) in [5.41, 5.74) is 3.09. The largest absolute Gasteiger partial charge is 0.266 e. The number of sulfonamides is 1. The van der Waals surface area contributed by atoms with E-state index in [2.05, 4.69) is 13.8 Å². The molecule has 0 N–H and O–H groups in total. The van der Waals surface area contributed by atoms with Crippen LogP contribution >= 0.6 is 0 Å². The molecule has 22 heavy (non-hydrogen) atoms. The van der Waals surface area contributed by atoms with Crippen molar-refractivity contribution in [1.29, 1.82) is 0 Å². The Morgan fingerprint density at radius 1 is 1.05 bits per heavy atom. The first-order chi connectivity index (χ1) is 10.5. The number of fused-ring (bicyclic) bond motifs is 1. The van der Waals surface area contributed by atoms with Crippen LogP contribution in [0, 0.1) is 5.92 Å². The predicted molar refractivity (Wildman–Crippen MR) is 89.7 cm³/mol. The van der Waals surface area contributed by atoms with E-state index in [4.69, 9.17) is 0 Å². The van der Waals surface area contributed by atoms with E-state index in [-0.39, 0.29) is 0 Å². The van der Waals surface area contributed by atoms with Crippen molar-refractivity contribution in [2.45, 2.75) is 31.6 Å². The zero-order chi connectivity index (χ0) is 15.7. The summed E-state index contributed by atoms with van der Waals surface area (Å²) in [5.74, 6) is 0.563. The monoisotopic (exact) mass is 315 g/mol. The number of anilines is 1. The Labute approximate surface area is 132 Å². The van der Waals surface area contributed by atoms with Gasteiger partial charge in [-0.3, -0.25) is 4.31 Å². The molecule has 0 saturated heterocycles. The Bertz CT molecular complexity index is 764. The summed E-state index contributed by atoms with van der Waals surface area (Å²) < 4.78 is 27.2. The van der Waals surface area contributed by atoms with Gasteiger partial charge in [-0.25, -0.2) is 8.42 Å². The fourth-order valence-electron chi connectivity index (χ4n) is 2.95. The first-order valence-corrected chi connectivity index (χ1v) is 9.12. The third kappa shape index (κ3) is 2.75. The maximum Gasteiger partial charge on any atom is 0.264 e. The summed E-state index contributed by atoms with van der Waals surface area (Å²) in [4.78, 5) is 0.372. The summed E-state index contributed by atoms with van der Waals surface area (Å²) in [6.07, 6.45) is 1.74. The number of nitrogens with zero attached hydrogens (tertiary/aromatic N) is 1. The maximum absolute atomic E-state index is 12.9. The quantitative estimate of drug-likeness (QED) is 0.864. The molecule has 1 aliphatic rings. The highest BCUT2D eigenvalue weighted by Gasteiger charge is 2.30. The predicted octanol–water partition coefficient (Wildman–Crippen LogP) is 3.64. The van der Waals surface area contributed by atoms with Gasteiger partial charge in [-0.05, 0) is 48.1 Å². The zero-order valence-corrected chi connectivity index (χ0v) is 13.8. The van der Waals surface area contributed by atoms with Crippen LogP contribution in [0.25, 0.3) is 0 Å². The van der Waals surface area contributed by atoms with Crippen molar-refractivity contribution in [3.05, 3.63) is 59.7 Å². The third-order valence-electron chi connectivity index (χ3n) is 4.00. The topological polar surface area (TPSA) is 37.4 Å². The van der Waals surface area contributed by atoms with Gasteiger partial charge in [0.15, 0.2) is 0 Å². The molecule has 116 valence electrons. The Balaban J connectivity index is 1.91. The number of benzene rings is 2. The van der Waals surface area contributed by atoms with Crippen LogP contribution in [0.2, 0.25) is 0 Å². The minimum absolute atomic E-state index is 0.372. The Hall–Kier alpha value is -1.81. The molecule has 0 fully saturated rings. The average Bonchev–Trinajstić information content (AvgIpc) is 2.92. The van der Waals surface area contributed by atoms with Gasteiger partial charge >= 0.3 is 0 Å². The van der Waals surface area contributed by atoms with Crippen LogP contribution in [0.15, 0.2) is 53.4 Å². The lowest BCUT2D eigenvalue weighted by molar-refractivity contribution is 0.592. The molecule has 3 rings (SSSR count). The number of hydrogen-bond donors (Lipinski definition) is 0. The van der Waals surface area contributed by atoms with Crippen LogP contribution in [0.1, 0.15) is 25.0 Å². The van der Waals surface area contributed by atoms with Gasteiger partial charge in [-0.2, -0.15) is 0 Å². The van der Waals surface area contributed by atoms with Crippen LogP contribution in [-0.2, 0) is 22.9 Å². The molecule has 0 aromatic heterocycles. The van der Waals surface area contributed by atoms with Gasteiger partial charge in [0.25, 0.3) is 10.0 Å². The van der Waals surface area contributed by atoms with Gasteiger partial charge in [-0.15, -0.1) is 0 Å². The second-order valence-electron chi connectivity index (χ2n) is 6.20. The second kappa shape index (κ2) is 5.76. The lowest BCUT2D eigenvalue weighted by atomic mass is 10.0. The van der Waals surface area contributed by atoms with Gasteiger partial charge in [-0.1, -0.05) is 44.2 Å². The van der Waals surface area contributed by atoms with E-state index >= 15 is 0 Å². The van der Waals surface area contributed by atoms with Gasteiger partial charge in [0, 0.05) is 6.54 Å². The van der Waals surface area contributed by atoms with E-state index in [0.717, 1.165) is 24.1 Å². The molecule has 0 atom stereocenters. The van der Waals surface area contributed by atoms with E-state index in [1.54, 1.807) is 12.1 Å².